The number of benzene rings is 1. The maximum absolute atomic E-state index is 6.13. The highest BCUT2D eigenvalue weighted by atomic mass is 15.1. The molecule has 1 aromatic rings. The van der Waals surface area contributed by atoms with Gasteiger partial charge in [0, 0.05) is 19.0 Å². The summed E-state index contributed by atoms with van der Waals surface area (Å²) in [6.45, 7) is 2.93. The average molecular weight is 287 g/mol. The number of hydrogen-bond acceptors (Lipinski definition) is 2. The first-order valence-corrected chi connectivity index (χ1v) is 8.28. The van der Waals surface area contributed by atoms with Crippen molar-refractivity contribution in [3.05, 3.63) is 35.9 Å². The summed E-state index contributed by atoms with van der Waals surface area (Å²) in [6, 6.07) is 10.6. The number of aliphatic imine (C=N–C) groups is 1. The molecule has 0 unspecified atom stereocenters. The maximum atomic E-state index is 6.13. The van der Waals surface area contributed by atoms with E-state index < -0.39 is 0 Å². The third kappa shape index (κ3) is 5.88. The molecule has 3 heteroatoms. The predicted octanol–water partition coefficient (Wildman–Crippen LogP) is 3.45. The highest BCUT2D eigenvalue weighted by molar-refractivity contribution is 5.82. The summed E-state index contributed by atoms with van der Waals surface area (Å²) in [5, 5.41) is 0. The second-order valence-electron chi connectivity index (χ2n) is 6.22. The smallest absolute Gasteiger partial charge is 0.0968 e. The van der Waals surface area contributed by atoms with Gasteiger partial charge in [-0.05, 0) is 38.4 Å². The molecule has 21 heavy (non-hydrogen) atoms. The number of nitrogens with two attached hydrogens (primary N) is 1. The SMILES string of the molecule is CN(CCCN=C(N)C1CCCCC1)Cc1ccccc1. The molecule has 0 aliphatic heterocycles. The second-order valence-corrected chi connectivity index (χ2v) is 6.22. The molecule has 3 nitrogen and oxygen atoms in total. The summed E-state index contributed by atoms with van der Waals surface area (Å²) in [6.07, 6.45) is 7.57. The van der Waals surface area contributed by atoms with Gasteiger partial charge in [0.1, 0.15) is 0 Å². The number of nitrogens with zero attached hydrogens (tertiary/aromatic N) is 2. The average Bonchev–Trinajstić information content (AvgIpc) is 2.53. The molecule has 116 valence electrons. The van der Waals surface area contributed by atoms with E-state index in [2.05, 4.69) is 47.3 Å². The van der Waals surface area contributed by atoms with Crippen LogP contribution in [0.3, 0.4) is 0 Å². The zero-order chi connectivity index (χ0) is 14.9. The Morgan fingerprint density at radius 2 is 1.90 bits per heavy atom. The predicted molar refractivity (Wildman–Crippen MR) is 90.5 cm³/mol. The first-order chi connectivity index (χ1) is 10.3. The molecule has 0 amide bonds. The Labute approximate surface area is 129 Å². The van der Waals surface area contributed by atoms with Gasteiger partial charge in [0.15, 0.2) is 0 Å². The van der Waals surface area contributed by atoms with Crippen molar-refractivity contribution in [2.75, 3.05) is 20.1 Å². The molecule has 2 N–H and O–H groups in total. The Kier molecular flexibility index (Phi) is 6.74. The van der Waals surface area contributed by atoms with E-state index in [9.17, 15) is 0 Å². The highest BCUT2D eigenvalue weighted by Crippen LogP contribution is 2.23. The first kappa shape index (κ1) is 16.0. The lowest BCUT2D eigenvalue weighted by atomic mass is 9.88. The normalized spacial score (nSPS) is 17.3. The van der Waals surface area contributed by atoms with E-state index in [0.717, 1.165) is 31.9 Å². The minimum atomic E-state index is 0.556. The summed E-state index contributed by atoms with van der Waals surface area (Å²) < 4.78 is 0. The zero-order valence-electron chi connectivity index (χ0n) is 13.3. The lowest BCUT2D eigenvalue weighted by Crippen LogP contribution is -2.26. The van der Waals surface area contributed by atoms with Gasteiger partial charge in [-0.15, -0.1) is 0 Å². The van der Waals surface area contributed by atoms with Crippen LogP contribution in [0.1, 0.15) is 44.1 Å². The van der Waals surface area contributed by atoms with Crippen molar-refractivity contribution in [3.8, 4) is 0 Å². The maximum Gasteiger partial charge on any atom is 0.0968 e. The van der Waals surface area contributed by atoms with Crippen molar-refractivity contribution >= 4 is 5.84 Å². The van der Waals surface area contributed by atoms with Crippen LogP contribution in [0, 0.1) is 5.92 Å². The summed E-state index contributed by atoms with van der Waals surface area (Å²) in [7, 11) is 2.17. The number of rotatable bonds is 7. The van der Waals surface area contributed by atoms with Gasteiger partial charge in [-0.2, -0.15) is 0 Å². The molecule has 0 aromatic heterocycles. The summed E-state index contributed by atoms with van der Waals surface area (Å²) in [5.74, 6) is 1.46. The molecule has 1 aliphatic carbocycles. The molecule has 0 radical (unpaired) electrons. The molecule has 0 heterocycles. The van der Waals surface area contributed by atoms with Crippen LogP contribution in [0.15, 0.2) is 35.3 Å². The first-order valence-electron chi connectivity index (χ1n) is 8.28. The largest absolute Gasteiger partial charge is 0.387 e. The van der Waals surface area contributed by atoms with Gasteiger partial charge in [-0.25, -0.2) is 0 Å². The molecule has 0 saturated heterocycles. The Balaban J connectivity index is 1.64. The number of amidine groups is 1. The van der Waals surface area contributed by atoms with Gasteiger partial charge < -0.3 is 10.6 Å². The van der Waals surface area contributed by atoms with Gasteiger partial charge in [0.25, 0.3) is 0 Å². The lowest BCUT2D eigenvalue weighted by molar-refractivity contribution is 0.324. The molecule has 1 aromatic carbocycles. The van der Waals surface area contributed by atoms with Crippen LogP contribution in [-0.2, 0) is 6.54 Å². The van der Waals surface area contributed by atoms with E-state index in [1.54, 1.807) is 0 Å². The molecule has 0 spiro atoms. The van der Waals surface area contributed by atoms with Crippen LogP contribution in [0.25, 0.3) is 0 Å². The van der Waals surface area contributed by atoms with Crippen LogP contribution in [0.5, 0.6) is 0 Å². The van der Waals surface area contributed by atoms with Gasteiger partial charge in [-0.3, -0.25) is 4.99 Å². The fraction of sp³-hybridized carbons (Fsp3) is 0.611. The van der Waals surface area contributed by atoms with Gasteiger partial charge >= 0.3 is 0 Å². The van der Waals surface area contributed by atoms with E-state index in [1.807, 2.05) is 0 Å². The Morgan fingerprint density at radius 3 is 2.62 bits per heavy atom. The van der Waals surface area contributed by atoms with E-state index in [0.29, 0.717) is 5.92 Å². The molecule has 1 saturated carbocycles. The fourth-order valence-electron chi connectivity index (χ4n) is 3.05. The Bertz CT molecular complexity index is 421. The fourth-order valence-corrected chi connectivity index (χ4v) is 3.05. The Morgan fingerprint density at radius 1 is 1.19 bits per heavy atom. The van der Waals surface area contributed by atoms with Crippen molar-refractivity contribution in [1.82, 2.24) is 4.90 Å². The third-order valence-electron chi connectivity index (χ3n) is 4.31. The second kappa shape index (κ2) is 8.83. The molecule has 0 atom stereocenters. The van der Waals surface area contributed by atoms with Gasteiger partial charge in [0.2, 0.25) is 0 Å². The van der Waals surface area contributed by atoms with Crippen molar-refractivity contribution in [2.45, 2.75) is 45.1 Å². The molecule has 2 rings (SSSR count). The molecular formula is C18H29N3. The van der Waals surface area contributed by atoms with Crippen LogP contribution in [0.2, 0.25) is 0 Å². The van der Waals surface area contributed by atoms with Crippen LogP contribution < -0.4 is 5.73 Å². The number of hydrogen-bond donors (Lipinski definition) is 1. The van der Waals surface area contributed by atoms with Crippen LogP contribution in [-0.4, -0.2) is 30.9 Å². The van der Waals surface area contributed by atoms with E-state index in [-0.39, 0.29) is 0 Å². The highest BCUT2D eigenvalue weighted by Gasteiger charge is 2.16. The minimum absolute atomic E-state index is 0.556. The van der Waals surface area contributed by atoms with Crippen molar-refractivity contribution in [1.29, 1.82) is 0 Å². The summed E-state index contributed by atoms with van der Waals surface area (Å²) in [5.41, 5.74) is 7.49. The van der Waals surface area contributed by atoms with Crippen LogP contribution in [0.4, 0.5) is 0 Å². The van der Waals surface area contributed by atoms with E-state index in [1.165, 1.54) is 37.7 Å². The third-order valence-corrected chi connectivity index (χ3v) is 4.31. The van der Waals surface area contributed by atoms with E-state index >= 15 is 0 Å². The molecular weight excluding hydrogens is 258 g/mol. The molecule has 0 bridgehead atoms. The standard InChI is InChI=1S/C18H29N3/c1-21(15-16-9-4-2-5-10-16)14-8-13-20-18(19)17-11-6-3-7-12-17/h2,4-5,9-10,17H,3,6-8,11-15H2,1H3,(H2,19,20). The van der Waals surface area contributed by atoms with Crippen molar-refractivity contribution < 1.29 is 0 Å². The topological polar surface area (TPSA) is 41.6 Å². The van der Waals surface area contributed by atoms with Crippen molar-refractivity contribution in [2.24, 2.45) is 16.6 Å². The monoisotopic (exact) mass is 287 g/mol. The van der Waals surface area contributed by atoms with E-state index in [4.69, 9.17) is 5.73 Å². The minimum Gasteiger partial charge on any atom is -0.387 e. The quantitative estimate of drug-likeness (QED) is 0.474. The molecule has 1 aliphatic rings. The zero-order valence-corrected chi connectivity index (χ0v) is 13.3. The van der Waals surface area contributed by atoms with Gasteiger partial charge in [0.05, 0.1) is 5.84 Å². The summed E-state index contributed by atoms with van der Waals surface area (Å²) in [4.78, 5) is 6.94. The van der Waals surface area contributed by atoms with Gasteiger partial charge in [-0.1, -0.05) is 49.6 Å². The molecule has 1 fully saturated rings. The summed E-state index contributed by atoms with van der Waals surface area (Å²) >= 11 is 0. The Hall–Kier alpha value is -1.35. The van der Waals surface area contributed by atoms with Crippen LogP contribution >= 0.6 is 0 Å². The lowest BCUT2D eigenvalue weighted by Gasteiger charge is -2.21. The van der Waals surface area contributed by atoms with Crippen molar-refractivity contribution in [3.63, 3.8) is 0 Å².